The van der Waals surface area contributed by atoms with Crippen LogP contribution in [0.25, 0.3) is 21.8 Å². The Balaban J connectivity index is 0.000000196. The van der Waals surface area contributed by atoms with Crippen molar-refractivity contribution in [2.24, 2.45) is 0 Å². The van der Waals surface area contributed by atoms with E-state index in [2.05, 4.69) is 43.0 Å². The number of benzene rings is 6. The van der Waals surface area contributed by atoms with Gasteiger partial charge in [0.15, 0.2) is 46.0 Å². The highest BCUT2D eigenvalue weighted by atomic mass is 35.5. The minimum atomic E-state index is -0.171. The number of fused-ring (bicyclic) bond motifs is 2. The standard InChI is InChI=1S/C32H34N4O5.C27H24ClN3O4.C5H11NO/c1-38-28-6-3-4-7-29(28)41-25-10-8-23(9-11-25)35-32-22(20-33)21-34-27-19-31(30(39-2)18-26(27)32)40-17-5-14-36-15-12-24(37)13-16-36;1-32-23-6-3-4-7-24(23)35-20-10-8-19(9-11-20)31-27-18(16-29)17-30-22-15-26(34-13-5-12-28)25(33-2)14-21(22)27;7-5-1-3-6-4-2-5/h3-4,6-11,18-19,21,24,37H,5,12-17H2,1-2H3,(H,34,35);3-4,6-11,14-15,17H,5,12-13H2,1-2H3,(H,30,31);5-7H,1-4H2. The van der Waals surface area contributed by atoms with E-state index in [1.54, 1.807) is 46.9 Å². The second-order valence-corrected chi connectivity index (χ2v) is 19.7. The lowest BCUT2D eigenvalue weighted by atomic mass is 10.1. The molecule has 5 N–H and O–H groups in total. The number of aliphatic hydroxyl groups excluding tert-OH is 2. The number of para-hydroxylation sites is 4. The molecule has 0 atom stereocenters. The molecule has 2 fully saturated rings. The van der Waals surface area contributed by atoms with E-state index in [0.717, 1.165) is 87.0 Å². The second-order valence-electron chi connectivity index (χ2n) is 19.3. The Kier molecular flexibility index (Phi) is 22.5. The zero-order valence-electron chi connectivity index (χ0n) is 47.0. The molecule has 0 spiro atoms. The monoisotopic (exact) mass is 1140 g/mol. The van der Waals surface area contributed by atoms with Gasteiger partial charge < -0.3 is 69.0 Å². The maximum Gasteiger partial charge on any atom is 0.169 e. The fraction of sp³-hybridized carbons (Fsp3) is 0.312. The van der Waals surface area contributed by atoms with Gasteiger partial charge in [0.1, 0.15) is 23.6 Å². The second kappa shape index (κ2) is 30.9. The molecule has 0 saturated carbocycles. The van der Waals surface area contributed by atoms with E-state index in [-0.39, 0.29) is 12.2 Å². The third kappa shape index (κ3) is 16.7. The predicted molar refractivity (Wildman–Crippen MR) is 322 cm³/mol. The average molecular weight is 1150 g/mol. The quantitative estimate of drug-likeness (QED) is 0.0333. The number of anilines is 4. The van der Waals surface area contributed by atoms with Crippen molar-refractivity contribution in [2.75, 3.05) is 90.9 Å². The highest BCUT2D eigenvalue weighted by Gasteiger charge is 2.19. The largest absolute Gasteiger partial charge is 0.493 e. The number of ether oxygens (including phenoxy) is 8. The highest BCUT2D eigenvalue weighted by Crippen LogP contribution is 2.40. The third-order valence-electron chi connectivity index (χ3n) is 13.7. The number of aliphatic hydroxyl groups is 2. The fourth-order valence-corrected chi connectivity index (χ4v) is 9.31. The number of piperidine rings is 2. The van der Waals surface area contributed by atoms with Gasteiger partial charge >= 0.3 is 0 Å². The van der Waals surface area contributed by atoms with Gasteiger partial charge in [-0.3, -0.25) is 9.97 Å². The number of hydrogen-bond donors (Lipinski definition) is 5. The van der Waals surface area contributed by atoms with Crippen molar-refractivity contribution >= 4 is 56.2 Å². The fourth-order valence-electron chi connectivity index (χ4n) is 9.20. The number of alkyl halides is 1. The molecule has 432 valence electrons. The summed E-state index contributed by atoms with van der Waals surface area (Å²) in [5.74, 6) is 6.66. The van der Waals surface area contributed by atoms with Crippen LogP contribution in [0.15, 0.2) is 134 Å². The molecular weight excluding hydrogens is 1080 g/mol. The van der Waals surface area contributed by atoms with Gasteiger partial charge in [-0.2, -0.15) is 10.5 Å². The Bertz CT molecular complexity index is 3460. The minimum Gasteiger partial charge on any atom is -0.493 e. The lowest BCUT2D eigenvalue weighted by Gasteiger charge is -2.29. The number of halogens is 1. The molecule has 2 aromatic heterocycles. The van der Waals surface area contributed by atoms with Crippen molar-refractivity contribution in [3.63, 3.8) is 0 Å². The molecule has 0 unspecified atom stereocenters. The summed E-state index contributed by atoms with van der Waals surface area (Å²) in [6.07, 6.45) is 8.00. The van der Waals surface area contributed by atoms with Crippen molar-refractivity contribution < 1.29 is 48.1 Å². The van der Waals surface area contributed by atoms with Crippen LogP contribution in [0.3, 0.4) is 0 Å². The van der Waals surface area contributed by atoms with Crippen LogP contribution in [0.5, 0.6) is 57.5 Å². The van der Waals surface area contributed by atoms with Crippen LogP contribution in [0, 0.1) is 22.7 Å². The number of nitrogens with zero attached hydrogens (tertiary/aromatic N) is 5. The summed E-state index contributed by atoms with van der Waals surface area (Å²) in [6, 6.07) is 41.6. The van der Waals surface area contributed by atoms with E-state index in [4.69, 9.17) is 54.6 Å². The molecule has 0 amide bonds. The molecule has 2 aliphatic rings. The Morgan fingerprint density at radius 2 is 0.976 bits per heavy atom. The van der Waals surface area contributed by atoms with Crippen LogP contribution in [0.4, 0.5) is 22.7 Å². The Labute approximate surface area is 489 Å². The van der Waals surface area contributed by atoms with Gasteiger partial charge in [0.2, 0.25) is 0 Å². The summed E-state index contributed by atoms with van der Waals surface area (Å²) < 4.78 is 45.7. The number of aromatic nitrogens is 2. The van der Waals surface area contributed by atoms with Crippen LogP contribution in [-0.4, -0.2) is 118 Å². The Hall–Kier alpha value is -8.75. The van der Waals surface area contributed by atoms with Gasteiger partial charge in [0, 0.05) is 72.2 Å². The van der Waals surface area contributed by atoms with Gasteiger partial charge in [0.05, 0.1) is 87.4 Å². The maximum absolute atomic E-state index is 9.82. The smallest absolute Gasteiger partial charge is 0.169 e. The van der Waals surface area contributed by atoms with E-state index in [1.165, 1.54) is 0 Å². The first kappa shape index (κ1) is 60.3. The topological polar surface area (TPSA) is 227 Å². The van der Waals surface area contributed by atoms with Gasteiger partial charge in [-0.25, -0.2) is 0 Å². The zero-order valence-corrected chi connectivity index (χ0v) is 47.8. The molecule has 8 aromatic rings. The van der Waals surface area contributed by atoms with E-state index < -0.39 is 0 Å². The van der Waals surface area contributed by atoms with Crippen LogP contribution < -0.4 is 53.8 Å². The molecule has 2 aliphatic heterocycles. The van der Waals surface area contributed by atoms with E-state index in [0.29, 0.717) is 117 Å². The first-order chi connectivity index (χ1) is 40.6. The minimum absolute atomic E-state index is 0.0266. The molecular formula is C64H69ClN8O10. The van der Waals surface area contributed by atoms with Crippen LogP contribution in [-0.2, 0) is 0 Å². The Morgan fingerprint density at radius 3 is 1.37 bits per heavy atom. The number of nitriles is 2. The van der Waals surface area contributed by atoms with Crippen LogP contribution in [0.1, 0.15) is 49.7 Å². The summed E-state index contributed by atoms with van der Waals surface area (Å²) in [4.78, 5) is 11.3. The summed E-state index contributed by atoms with van der Waals surface area (Å²) in [6.45, 7) is 5.73. The summed E-state index contributed by atoms with van der Waals surface area (Å²) in [7, 11) is 6.38. The summed E-state index contributed by atoms with van der Waals surface area (Å²) >= 11 is 5.76. The van der Waals surface area contributed by atoms with Gasteiger partial charge in [-0.05, 0) is 137 Å². The zero-order chi connectivity index (χ0) is 58.3. The summed E-state index contributed by atoms with van der Waals surface area (Å²) in [5, 5.41) is 49.5. The molecule has 18 nitrogen and oxygen atoms in total. The van der Waals surface area contributed by atoms with Gasteiger partial charge in [0.25, 0.3) is 0 Å². The molecule has 4 heterocycles. The van der Waals surface area contributed by atoms with E-state index in [1.807, 2.05) is 115 Å². The van der Waals surface area contributed by atoms with Gasteiger partial charge in [-0.1, -0.05) is 24.3 Å². The number of nitrogens with one attached hydrogen (secondary N) is 3. The summed E-state index contributed by atoms with van der Waals surface area (Å²) in [5.41, 5.74) is 5.00. The normalized spacial score (nSPS) is 13.4. The average Bonchev–Trinajstić information content (AvgIpc) is 3.63. The van der Waals surface area contributed by atoms with Crippen molar-refractivity contribution in [3.05, 3.63) is 145 Å². The Morgan fingerprint density at radius 1 is 0.554 bits per heavy atom. The number of likely N-dealkylation sites (tertiary alicyclic amines) is 1. The van der Waals surface area contributed by atoms with E-state index in [9.17, 15) is 15.6 Å². The number of methoxy groups -OCH3 is 4. The molecule has 0 bridgehead atoms. The van der Waals surface area contributed by atoms with Gasteiger partial charge in [-0.15, -0.1) is 11.6 Å². The molecule has 0 aliphatic carbocycles. The van der Waals surface area contributed by atoms with Crippen molar-refractivity contribution in [1.29, 1.82) is 10.5 Å². The van der Waals surface area contributed by atoms with E-state index >= 15 is 0 Å². The molecule has 2 saturated heterocycles. The predicted octanol–water partition coefficient (Wildman–Crippen LogP) is 12.3. The van der Waals surface area contributed by atoms with Crippen LogP contribution >= 0.6 is 11.6 Å². The first-order valence-electron chi connectivity index (χ1n) is 27.4. The van der Waals surface area contributed by atoms with Crippen molar-refractivity contribution in [1.82, 2.24) is 20.2 Å². The number of hydrogen-bond acceptors (Lipinski definition) is 18. The van der Waals surface area contributed by atoms with Crippen molar-refractivity contribution in [2.45, 2.75) is 50.7 Å². The third-order valence-corrected chi connectivity index (χ3v) is 13.9. The maximum atomic E-state index is 9.82. The molecule has 0 radical (unpaired) electrons. The van der Waals surface area contributed by atoms with Crippen molar-refractivity contribution in [3.8, 4) is 69.6 Å². The first-order valence-corrected chi connectivity index (χ1v) is 28.0. The number of pyridine rings is 2. The lowest BCUT2D eigenvalue weighted by molar-refractivity contribution is 0.0799. The lowest BCUT2D eigenvalue weighted by Crippen LogP contribution is -2.36. The SMILES string of the molecule is COc1cc2c(Nc3ccc(Oc4ccccc4OC)cc3)c(C#N)cnc2cc1OCCCCl.COc1cc2c(Nc3ccc(Oc4ccccc4OC)cc3)c(C#N)cnc2cc1OCCCN1CCC(O)CC1.OC1CCNCC1. The molecule has 19 heteroatoms. The van der Waals surface area contributed by atoms with Crippen LogP contribution in [0.2, 0.25) is 0 Å². The molecule has 6 aromatic carbocycles. The highest BCUT2D eigenvalue weighted by molar-refractivity contribution is 6.17. The molecule has 10 rings (SSSR count). The molecule has 83 heavy (non-hydrogen) atoms. The number of rotatable bonds is 21.